The van der Waals surface area contributed by atoms with Crippen molar-refractivity contribution in [3.63, 3.8) is 0 Å². The lowest BCUT2D eigenvalue weighted by Gasteiger charge is -2.25. The Kier molecular flexibility index (Phi) is 4.23. The highest BCUT2D eigenvalue weighted by Gasteiger charge is 2.21. The summed E-state index contributed by atoms with van der Waals surface area (Å²) in [5.41, 5.74) is 3.48. The van der Waals surface area contributed by atoms with Crippen molar-refractivity contribution in [2.75, 3.05) is 0 Å². The molecule has 3 rings (SSSR count). The molecular formula is C19H19F3. The summed E-state index contributed by atoms with van der Waals surface area (Å²) >= 11 is 0. The van der Waals surface area contributed by atoms with Crippen molar-refractivity contribution in [3.05, 3.63) is 70.0 Å². The molecule has 0 bridgehead atoms. The van der Waals surface area contributed by atoms with Gasteiger partial charge in [-0.3, -0.25) is 0 Å². The molecule has 0 saturated heterocycles. The second kappa shape index (κ2) is 6.15. The first-order valence-corrected chi connectivity index (χ1v) is 7.75. The van der Waals surface area contributed by atoms with Crippen molar-refractivity contribution >= 4 is 0 Å². The maximum Gasteiger partial charge on any atom is 0.159 e. The van der Waals surface area contributed by atoms with Gasteiger partial charge >= 0.3 is 0 Å². The quantitative estimate of drug-likeness (QED) is 0.735. The molecule has 0 fully saturated rings. The van der Waals surface area contributed by atoms with Gasteiger partial charge in [0.15, 0.2) is 11.6 Å². The highest BCUT2D eigenvalue weighted by Crippen LogP contribution is 2.30. The Bertz CT molecular complexity index is 691. The summed E-state index contributed by atoms with van der Waals surface area (Å²) in [6.07, 6.45) is 4.04. The predicted molar refractivity (Wildman–Crippen MR) is 81.3 cm³/mol. The molecule has 2 aromatic carbocycles. The van der Waals surface area contributed by atoms with Gasteiger partial charge in [0.1, 0.15) is 5.82 Å². The molecule has 0 amide bonds. The molecule has 0 N–H and O–H groups in total. The van der Waals surface area contributed by atoms with Crippen LogP contribution in [0.25, 0.3) is 0 Å². The van der Waals surface area contributed by atoms with E-state index in [-0.39, 0.29) is 5.82 Å². The zero-order valence-corrected chi connectivity index (χ0v) is 12.6. The van der Waals surface area contributed by atoms with Crippen molar-refractivity contribution in [3.8, 4) is 0 Å². The van der Waals surface area contributed by atoms with Gasteiger partial charge in [-0.25, -0.2) is 13.2 Å². The SMILES string of the molecule is Cc1ccc(CCC2CCc3cc(F)c(F)cc3C2)c(F)c1. The third-order valence-electron chi connectivity index (χ3n) is 4.60. The molecule has 116 valence electrons. The van der Waals surface area contributed by atoms with E-state index >= 15 is 0 Å². The van der Waals surface area contributed by atoms with Crippen molar-refractivity contribution in [2.24, 2.45) is 5.92 Å². The van der Waals surface area contributed by atoms with Crippen LogP contribution in [0.5, 0.6) is 0 Å². The molecule has 22 heavy (non-hydrogen) atoms. The Morgan fingerprint density at radius 1 is 0.955 bits per heavy atom. The van der Waals surface area contributed by atoms with E-state index in [4.69, 9.17) is 0 Å². The number of halogens is 3. The van der Waals surface area contributed by atoms with Crippen LogP contribution in [0.15, 0.2) is 30.3 Å². The highest BCUT2D eigenvalue weighted by atomic mass is 19.2. The first-order chi connectivity index (χ1) is 10.5. The molecule has 1 atom stereocenters. The Labute approximate surface area is 129 Å². The van der Waals surface area contributed by atoms with Gasteiger partial charge in [0.25, 0.3) is 0 Å². The maximum absolute atomic E-state index is 13.8. The van der Waals surface area contributed by atoms with Crippen molar-refractivity contribution in [1.82, 2.24) is 0 Å². The van der Waals surface area contributed by atoms with Gasteiger partial charge in [-0.1, -0.05) is 12.1 Å². The summed E-state index contributed by atoms with van der Waals surface area (Å²) < 4.78 is 40.4. The molecule has 1 unspecified atom stereocenters. The van der Waals surface area contributed by atoms with E-state index in [1.807, 2.05) is 19.1 Å². The number of hydrogen-bond acceptors (Lipinski definition) is 0. The lowest BCUT2D eigenvalue weighted by molar-refractivity contribution is 0.417. The minimum Gasteiger partial charge on any atom is -0.207 e. The molecule has 0 spiro atoms. The van der Waals surface area contributed by atoms with Crippen LogP contribution in [-0.2, 0) is 19.3 Å². The minimum atomic E-state index is -0.774. The van der Waals surface area contributed by atoms with Crippen LogP contribution >= 0.6 is 0 Å². The average Bonchev–Trinajstić information content (AvgIpc) is 2.47. The zero-order valence-electron chi connectivity index (χ0n) is 12.6. The largest absolute Gasteiger partial charge is 0.207 e. The standard InChI is InChI=1S/C19H19F3/c1-12-2-5-14(17(20)8-12)6-3-13-4-7-15-10-18(21)19(22)11-16(15)9-13/h2,5,8,10-11,13H,3-4,6-7,9H2,1H3. The second-order valence-electron chi connectivity index (χ2n) is 6.28. The summed E-state index contributed by atoms with van der Waals surface area (Å²) in [6.45, 7) is 1.87. The molecule has 0 saturated carbocycles. The highest BCUT2D eigenvalue weighted by molar-refractivity contribution is 5.31. The molecule has 1 aliphatic carbocycles. The topological polar surface area (TPSA) is 0 Å². The first kappa shape index (κ1) is 15.1. The van der Waals surface area contributed by atoms with Gasteiger partial charge in [-0.15, -0.1) is 0 Å². The molecule has 0 nitrogen and oxygen atoms in total. The van der Waals surface area contributed by atoms with E-state index < -0.39 is 11.6 Å². The molecule has 1 aliphatic rings. The van der Waals surface area contributed by atoms with E-state index in [0.717, 1.165) is 47.9 Å². The van der Waals surface area contributed by atoms with Gasteiger partial charge in [0.05, 0.1) is 0 Å². The molecule has 3 heteroatoms. The Hall–Kier alpha value is -1.77. The fraction of sp³-hybridized carbons (Fsp3) is 0.368. The Morgan fingerprint density at radius 3 is 2.41 bits per heavy atom. The summed E-state index contributed by atoms with van der Waals surface area (Å²) in [5, 5.41) is 0. The molecule has 0 aromatic heterocycles. The van der Waals surface area contributed by atoms with Crippen molar-refractivity contribution in [1.29, 1.82) is 0 Å². The van der Waals surface area contributed by atoms with Gasteiger partial charge in [-0.05, 0) is 85.4 Å². The number of benzene rings is 2. The third-order valence-corrected chi connectivity index (χ3v) is 4.60. The monoisotopic (exact) mass is 304 g/mol. The van der Waals surface area contributed by atoms with Crippen LogP contribution in [0, 0.1) is 30.3 Å². The minimum absolute atomic E-state index is 0.149. The number of rotatable bonds is 3. The van der Waals surface area contributed by atoms with Crippen LogP contribution in [0.1, 0.15) is 35.1 Å². The summed E-state index contributed by atoms with van der Waals surface area (Å²) in [4.78, 5) is 0. The number of fused-ring (bicyclic) bond motifs is 1. The second-order valence-corrected chi connectivity index (χ2v) is 6.28. The van der Waals surface area contributed by atoms with Gasteiger partial charge in [0.2, 0.25) is 0 Å². The summed E-state index contributed by atoms with van der Waals surface area (Å²) in [7, 11) is 0. The van der Waals surface area contributed by atoms with Gasteiger partial charge in [0, 0.05) is 0 Å². The average molecular weight is 304 g/mol. The van der Waals surface area contributed by atoms with Gasteiger partial charge < -0.3 is 0 Å². The molecule has 0 heterocycles. The lowest BCUT2D eigenvalue weighted by atomic mass is 9.81. The number of aryl methyl sites for hydroxylation is 3. The summed E-state index contributed by atoms with van der Waals surface area (Å²) in [5.74, 6) is -1.29. The number of hydrogen-bond donors (Lipinski definition) is 0. The summed E-state index contributed by atoms with van der Waals surface area (Å²) in [6, 6.07) is 7.97. The molecular weight excluding hydrogens is 285 g/mol. The fourth-order valence-corrected chi connectivity index (χ4v) is 3.29. The Balaban J connectivity index is 1.66. The van der Waals surface area contributed by atoms with E-state index in [1.165, 1.54) is 12.1 Å². The van der Waals surface area contributed by atoms with Gasteiger partial charge in [-0.2, -0.15) is 0 Å². The van der Waals surface area contributed by atoms with Crippen LogP contribution in [-0.4, -0.2) is 0 Å². The van der Waals surface area contributed by atoms with Crippen LogP contribution in [0.2, 0.25) is 0 Å². The third kappa shape index (κ3) is 3.18. The van der Waals surface area contributed by atoms with Crippen LogP contribution in [0.4, 0.5) is 13.2 Å². The van der Waals surface area contributed by atoms with Crippen LogP contribution < -0.4 is 0 Å². The Morgan fingerprint density at radius 2 is 1.68 bits per heavy atom. The van der Waals surface area contributed by atoms with E-state index in [2.05, 4.69) is 0 Å². The lowest BCUT2D eigenvalue weighted by Crippen LogP contribution is -2.16. The van der Waals surface area contributed by atoms with E-state index in [9.17, 15) is 13.2 Å². The smallest absolute Gasteiger partial charge is 0.159 e. The van der Waals surface area contributed by atoms with Crippen molar-refractivity contribution < 1.29 is 13.2 Å². The van der Waals surface area contributed by atoms with Crippen molar-refractivity contribution in [2.45, 2.75) is 39.0 Å². The normalized spacial score (nSPS) is 17.4. The van der Waals surface area contributed by atoms with E-state index in [1.54, 1.807) is 6.07 Å². The predicted octanol–water partition coefficient (Wildman–Crippen LogP) is 5.15. The van der Waals surface area contributed by atoms with Crippen LogP contribution in [0.3, 0.4) is 0 Å². The first-order valence-electron chi connectivity index (χ1n) is 7.75. The van der Waals surface area contributed by atoms with E-state index in [0.29, 0.717) is 12.3 Å². The fourth-order valence-electron chi connectivity index (χ4n) is 3.29. The zero-order chi connectivity index (χ0) is 15.7. The molecule has 2 aromatic rings. The molecule has 0 radical (unpaired) electrons. The maximum atomic E-state index is 13.8. The molecule has 0 aliphatic heterocycles.